The van der Waals surface area contributed by atoms with Crippen molar-refractivity contribution in [3.05, 3.63) is 78.0 Å². The molecule has 3 aromatic carbocycles. The van der Waals surface area contributed by atoms with Crippen LogP contribution in [0.2, 0.25) is 0 Å². The lowest BCUT2D eigenvalue weighted by molar-refractivity contribution is 0.0234. The Morgan fingerprint density at radius 2 is 1.69 bits per heavy atom. The number of carbonyl (C=O) groups is 1. The second kappa shape index (κ2) is 12.1. The predicted octanol–water partition coefficient (Wildman–Crippen LogP) is 6.52. The third kappa shape index (κ3) is 6.01. The van der Waals surface area contributed by atoms with Gasteiger partial charge in [0.2, 0.25) is 5.75 Å². The van der Waals surface area contributed by atoms with Gasteiger partial charge >= 0.3 is 6.03 Å². The van der Waals surface area contributed by atoms with Gasteiger partial charge < -0.3 is 34.3 Å². The van der Waals surface area contributed by atoms with Gasteiger partial charge in [-0.15, -0.1) is 0 Å². The van der Waals surface area contributed by atoms with E-state index < -0.39 is 17.9 Å². The normalized spacial score (nSPS) is 15.6. The van der Waals surface area contributed by atoms with Crippen molar-refractivity contribution in [3.8, 4) is 28.7 Å². The van der Waals surface area contributed by atoms with E-state index in [0.717, 1.165) is 24.5 Å². The van der Waals surface area contributed by atoms with Crippen LogP contribution in [-0.2, 0) is 4.74 Å². The first-order valence-electron chi connectivity index (χ1n) is 13.7. The van der Waals surface area contributed by atoms with E-state index >= 15 is 4.39 Å². The molecule has 0 aliphatic carbocycles. The first kappa shape index (κ1) is 27.5. The van der Waals surface area contributed by atoms with E-state index in [1.54, 1.807) is 37.4 Å². The second-order valence-corrected chi connectivity index (χ2v) is 9.98. The van der Waals surface area contributed by atoms with Crippen molar-refractivity contribution in [3.63, 3.8) is 0 Å². The SMILES string of the molecule is C[C@@H](NC(=O)Nc1ccc(Oc2ccnc3cc(OC4CCOCC4)c4c(c23)OCCO4)c(F)c1)c1ccc(F)cc1. The van der Waals surface area contributed by atoms with Gasteiger partial charge in [-0.2, -0.15) is 0 Å². The average molecular weight is 578 g/mol. The molecule has 1 saturated heterocycles. The van der Waals surface area contributed by atoms with Crippen LogP contribution in [0.1, 0.15) is 31.4 Å². The van der Waals surface area contributed by atoms with Crippen molar-refractivity contribution in [2.24, 2.45) is 0 Å². The van der Waals surface area contributed by atoms with E-state index in [1.165, 1.54) is 24.3 Å². The van der Waals surface area contributed by atoms with Crippen LogP contribution in [0, 0.1) is 11.6 Å². The average Bonchev–Trinajstić information content (AvgIpc) is 2.99. The van der Waals surface area contributed by atoms with E-state index in [0.29, 0.717) is 60.3 Å². The molecule has 42 heavy (non-hydrogen) atoms. The van der Waals surface area contributed by atoms with Crippen LogP contribution in [0.4, 0.5) is 19.3 Å². The Hall–Kier alpha value is -4.64. The van der Waals surface area contributed by atoms with Gasteiger partial charge in [0.15, 0.2) is 23.1 Å². The third-order valence-electron chi connectivity index (χ3n) is 7.03. The summed E-state index contributed by atoms with van der Waals surface area (Å²) in [4.78, 5) is 17.0. The lowest BCUT2D eigenvalue weighted by atomic mass is 10.1. The molecule has 0 radical (unpaired) electrons. The minimum Gasteiger partial charge on any atom is -0.486 e. The minimum atomic E-state index is -0.685. The summed E-state index contributed by atoms with van der Waals surface area (Å²) in [5.74, 6) is 0.634. The van der Waals surface area contributed by atoms with Gasteiger partial charge in [-0.1, -0.05) is 12.1 Å². The number of nitrogens with zero attached hydrogens (tertiary/aromatic N) is 1. The summed E-state index contributed by atoms with van der Waals surface area (Å²) >= 11 is 0. The number of benzene rings is 3. The van der Waals surface area contributed by atoms with E-state index in [4.69, 9.17) is 23.7 Å². The number of hydrogen-bond acceptors (Lipinski definition) is 7. The number of aromatic nitrogens is 1. The van der Waals surface area contributed by atoms with Gasteiger partial charge in [0.1, 0.15) is 30.9 Å². The quantitative estimate of drug-likeness (QED) is 0.258. The molecular weight excluding hydrogens is 548 g/mol. The molecule has 2 N–H and O–H groups in total. The van der Waals surface area contributed by atoms with E-state index in [1.807, 2.05) is 0 Å². The Morgan fingerprint density at radius 1 is 0.929 bits per heavy atom. The number of hydrogen-bond donors (Lipinski definition) is 2. The molecule has 1 fully saturated rings. The molecule has 0 spiro atoms. The Morgan fingerprint density at radius 3 is 2.45 bits per heavy atom. The summed E-state index contributed by atoms with van der Waals surface area (Å²) in [5.41, 5.74) is 1.50. The number of rotatable bonds is 7. The van der Waals surface area contributed by atoms with E-state index in [-0.39, 0.29) is 23.4 Å². The molecule has 0 bridgehead atoms. The number of fused-ring (bicyclic) bond motifs is 3. The molecule has 1 atom stereocenters. The Labute approximate surface area is 240 Å². The Bertz CT molecular complexity index is 1590. The summed E-state index contributed by atoms with van der Waals surface area (Å²) in [6.07, 6.45) is 3.08. The molecule has 218 valence electrons. The number of nitrogens with one attached hydrogen (secondary N) is 2. The fourth-order valence-electron chi connectivity index (χ4n) is 4.90. The maximum absolute atomic E-state index is 15.2. The van der Waals surface area contributed by atoms with E-state index in [9.17, 15) is 9.18 Å². The molecule has 4 aromatic rings. The second-order valence-electron chi connectivity index (χ2n) is 9.98. The van der Waals surface area contributed by atoms with Gasteiger partial charge in [-0.05, 0) is 42.8 Å². The van der Waals surface area contributed by atoms with Gasteiger partial charge in [0.05, 0.1) is 30.2 Å². The molecule has 1 aromatic heterocycles. The van der Waals surface area contributed by atoms with Crippen molar-refractivity contribution in [2.45, 2.75) is 31.9 Å². The standard InChI is InChI=1S/C31H29F2N3O6/c1-18(19-2-4-20(32)5-3-19)35-31(37)36-21-6-7-25(23(33)16-21)42-26-8-11-34-24-17-27(41-22-9-12-38-13-10-22)29-30(28(24)26)40-15-14-39-29/h2-8,11,16-18,22H,9-10,12-15H2,1H3,(H2,35,36,37)/t18-/m1/s1. The molecule has 6 rings (SSSR count). The zero-order valence-corrected chi connectivity index (χ0v) is 22.8. The highest BCUT2D eigenvalue weighted by molar-refractivity contribution is 5.95. The first-order chi connectivity index (χ1) is 20.4. The topological polar surface area (TPSA) is 100 Å². The van der Waals surface area contributed by atoms with Gasteiger partial charge in [0, 0.05) is 36.9 Å². The summed E-state index contributed by atoms with van der Waals surface area (Å²) in [6, 6.07) is 12.4. The van der Waals surface area contributed by atoms with Crippen LogP contribution in [0.5, 0.6) is 28.7 Å². The summed E-state index contributed by atoms with van der Waals surface area (Å²) < 4.78 is 58.0. The zero-order chi connectivity index (χ0) is 29.1. The fraction of sp³-hybridized carbons (Fsp3) is 0.290. The number of urea groups is 1. The number of anilines is 1. The third-order valence-corrected chi connectivity index (χ3v) is 7.03. The molecule has 0 unspecified atom stereocenters. The summed E-state index contributed by atoms with van der Waals surface area (Å²) in [7, 11) is 0. The van der Waals surface area contributed by atoms with Crippen molar-refractivity contribution in [1.82, 2.24) is 10.3 Å². The van der Waals surface area contributed by atoms with Crippen LogP contribution < -0.4 is 29.6 Å². The van der Waals surface area contributed by atoms with Crippen LogP contribution in [0.15, 0.2) is 60.8 Å². The number of halogens is 2. The Balaban J connectivity index is 1.20. The van der Waals surface area contributed by atoms with Crippen molar-refractivity contribution in [2.75, 3.05) is 31.7 Å². The van der Waals surface area contributed by atoms with Crippen LogP contribution >= 0.6 is 0 Å². The van der Waals surface area contributed by atoms with Crippen molar-refractivity contribution in [1.29, 1.82) is 0 Å². The van der Waals surface area contributed by atoms with Gasteiger partial charge in [0.25, 0.3) is 0 Å². The highest BCUT2D eigenvalue weighted by Gasteiger charge is 2.27. The molecular formula is C31H29F2N3O6. The molecule has 0 saturated carbocycles. The monoisotopic (exact) mass is 577 g/mol. The lowest BCUT2D eigenvalue weighted by Crippen LogP contribution is -2.31. The zero-order valence-electron chi connectivity index (χ0n) is 22.8. The molecule has 2 aliphatic rings. The van der Waals surface area contributed by atoms with Gasteiger partial charge in [-0.25, -0.2) is 13.6 Å². The smallest absolute Gasteiger partial charge is 0.319 e. The molecule has 2 amide bonds. The number of amides is 2. The maximum atomic E-state index is 15.2. The highest BCUT2D eigenvalue weighted by Crippen LogP contribution is 2.49. The molecule has 3 heterocycles. The van der Waals surface area contributed by atoms with E-state index in [2.05, 4.69) is 15.6 Å². The fourth-order valence-corrected chi connectivity index (χ4v) is 4.90. The first-order valence-corrected chi connectivity index (χ1v) is 13.7. The molecule has 2 aliphatic heterocycles. The highest BCUT2D eigenvalue weighted by atomic mass is 19.1. The van der Waals surface area contributed by atoms with Crippen LogP contribution in [0.25, 0.3) is 10.9 Å². The predicted molar refractivity (Wildman–Crippen MR) is 151 cm³/mol. The van der Waals surface area contributed by atoms with Crippen molar-refractivity contribution >= 4 is 22.6 Å². The summed E-state index contributed by atoms with van der Waals surface area (Å²) in [6.45, 7) is 3.71. The Kier molecular flexibility index (Phi) is 7.91. The lowest BCUT2D eigenvalue weighted by Gasteiger charge is -2.27. The maximum Gasteiger partial charge on any atom is 0.319 e. The van der Waals surface area contributed by atoms with Gasteiger partial charge in [-0.3, -0.25) is 4.98 Å². The van der Waals surface area contributed by atoms with Crippen LogP contribution in [-0.4, -0.2) is 43.5 Å². The number of ether oxygens (including phenoxy) is 5. The molecule has 9 nitrogen and oxygen atoms in total. The number of pyridine rings is 1. The molecule has 11 heteroatoms. The summed E-state index contributed by atoms with van der Waals surface area (Å²) in [5, 5.41) is 5.88. The minimum absolute atomic E-state index is 0.0142. The van der Waals surface area contributed by atoms with Crippen molar-refractivity contribution < 1.29 is 37.3 Å². The largest absolute Gasteiger partial charge is 0.486 e. The number of carbonyl (C=O) groups excluding carboxylic acids is 1. The van der Waals surface area contributed by atoms with Crippen LogP contribution in [0.3, 0.4) is 0 Å².